The van der Waals surface area contributed by atoms with Gasteiger partial charge < -0.3 is 10.6 Å². The third-order valence-electron chi connectivity index (χ3n) is 4.20. The average molecular weight is 318 g/mol. The fourth-order valence-electron chi connectivity index (χ4n) is 2.99. The second-order valence-electron chi connectivity index (χ2n) is 5.92. The molecule has 0 fully saturated rings. The first-order chi connectivity index (χ1) is 11.7. The van der Waals surface area contributed by atoms with Crippen molar-refractivity contribution in [3.05, 3.63) is 53.9 Å². The minimum atomic E-state index is 0.516. The Morgan fingerprint density at radius 2 is 2.17 bits per heavy atom. The van der Waals surface area contributed by atoms with Gasteiger partial charge in [-0.25, -0.2) is 4.98 Å². The summed E-state index contributed by atoms with van der Waals surface area (Å²) in [5.74, 6) is 0.516. The second kappa shape index (κ2) is 5.81. The van der Waals surface area contributed by atoms with Crippen molar-refractivity contribution in [3.8, 4) is 0 Å². The van der Waals surface area contributed by atoms with E-state index in [-0.39, 0.29) is 0 Å². The van der Waals surface area contributed by atoms with E-state index >= 15 is 0 Å². The molecule has 3 heterocycles. The SMILES string of the molecule is CN(Cc1ccn[nH]1)c1cc(N)nc2cc(C3=CC=NC3)ccc12. The predicted octanol–water partition coefficient (Wildman–Crippen LogP) is 2.64. The molecule has 3 N–H and O–H groups in total. The van der Waals surface area contributed by atoms with Gasteiger partial charge in [0, 0.05) is 36.6 Å². The predicted molar refractivity (Wildman–Crippen MR) is 98.2 cm³/mol. The molecule has 6 heteroatoms. The van der Waals surface area contributed by atoms with E-state index in [1.807, 2.05) is 31.5 Å². The third-order valence-corrected chi connectivity index (χ3v) is 4.20. The van der Waals surface area contributed by atoms with Gasteiger partial charge in [-0.1, -0.05) is 12.1 Å². The van der Waals surface area contributed by atoms with Gasteiger partial charge in [0.25, 0.3) is 0 Å². The zero-order valence-electron chi connectivity index (χ0n) is 13.4. The highest BCUT2D eigenvalue weighted by Crippen LogP contribution is 2.30. The number of hydrogen-bond donors (Lipinski definition) is 2. The van der Waals surface area contributed by atoms with Crippen LogP contribution in [0, 0.1) is 0 Å². The van der Waals surface area contributed by atoms with E-state index in [1.54, 1.807) is 6.20 Å². The smallest absolute Gasteiger partial charge is 0.126 e. The maximum atomic E-state index is 6.04. The van der Waals surface area contributed by atoms with Crippen LogP contribution in [-0.2, 0) is 6.54 Å². The van der Waals surface area contributed by atoms with E-state index in [2.05, 4.69) is 43.3 Å². The van der Waals surface area contributed by atoms with Crippen molar-refractivity contribution < 1.29 is 0 Å². The molecule has 3 aromatic rings. The number of nitrogens with one attached hydrogen (secondary N) is 1. The Morgan fingerprint density at radius 3 is 2.92 bits per heavy atom. The molecule has 0 atom stereocenters. The van der Waals surface area contributed by atoms with E-state index in [0.717, 1.165) is 40.9 Å². The Bertz CT molecular complexity index is 940. The number of fused-ring (bicyclic) bond motifs is 1. The van der Waals surface area contributed by atoms with Crippen LogP contribution in [0.25, 0.3) is 16.5 Å². The number of aliphatic imine (C=N–C) groups is 1. The summed E-state index contributed by atoms with van der Waals surface area (Å²) in [4.78, 5) is 10.9. The summed E-state index contributed by atoms with van der Waals surface area (Å²) < 4.78 is 0. The van der Waals surface area contributed by atoms with Crippen LogP contribution in [0.15, 0.2) is 47.6 Å². The van der Waals surface area contributed by atoms with E-state index in [9.17, 15) is 0 Å². The van der Waals surface area contributed by atoms with Crippen LogP contribution in [-0.4, -0.2) is 35.0 Å². The van der Waals surface area contributed by atoms with Gasteiger partial charge in [-0.05, 0) is 29.3 Å². The lowest BCUT2D eigenvalue weighted by Gasteiger charge is -2.21. The van der Waals surface area contributed by atoms with Crippen LogP contribution in [0.4, 0.5) is 11.5 Å². The van der Waals surface area contributed by atoms with E-state index in [4.69, 9.17) is 5.73 Å². The zero-order chi connectivity index (χ0) is 16.5. The maximum absolute atomic E-state index is 6.04. The monoisotopic (exact) mass is 318 g/mol. The summed E-state index contributed by atoms with van der Waals surface area (Å²) in [6.07, 6.45) is 5.64. The molecule has 6 nitrogen and oxygen atoms in total. The number of aromatic amines is 1. The van der Waals surface area contributed by atoms with Crippen LogP contribution in [0.1, 0.15) is 11.3 Å². The summed E-state index contributed by atoms with van der Waals surface area (Å²) in [5, 5.41) is 8.06. The first kappa shape index (κ1) is 14.4. The molecular weight excluding hydrogens is 300 g/mol. The molecule has 0 spiro atoms. The summed E-state index contributed by atoms with van der Waals surface area (Å²) >= 11 is 0. The van der Waals surface area contributed by atoms with Gasteiger partial charge in [0.2, 0.25) is 0 Å². The average Bonchev–Trinajstić information content (AvgIpc) is 3.27. The molecule has 1 aliphatic heterocycles. The highest BCUT2D eigenvalue weighted by atomic mass is 15.2. The molecule has 1 aromatic carbocycles. The van der Waals surface area contributed by atoms with Crippen molar-refractivity contribution in [1.82, 2.24) is 15.2 Å². The molecule has 24 heavy (non-hydrogen) atoms. The lowest BCUT2D eigenvalue weighted by Crippen LogP contribution is -2.17. The minimum Gasteiger partial charge on any atom is -0.384 e. The molecule has 2 aromatic heterocycles. The molecule has 4 rings (SSSR count). The van der Waals surface area contributed by atoms with Gasteiger partial charge in [0.1, 0.15) is 5.82 Å². The zero-order valence-corrected chi connectivity index (χ0v) is 13.4. The highest BCUT2D eigenvalue weighted by molar-refractivity contribution is 5.97. The first-order valence-electron chi connectivity index (χ1n) is 7.80. The molecule has 0 saturated carbocycles. The largest absolute Gasteiger partial charge is 0.384 e. The van der Waals surface area contributed by atoms with Crippen molar-refractivity contribution in [2.75, 3.05) is 24.2 Å². The molecule has 0 bridgehead atoms. The summed E-state index contributed by atoms with van der Waals surface area (Å²) in [6, 6.07) is 10.2. The number of allylic oxidation sites excluding steroid dienone is 1. The molecule has 120 valence electrons. The summed E-state index contributed by atoms with van der Waals surface area (Å²) in [7, 11) is 2.04. The maximum Gasteiger partial charge on any atom is 0.126 e. The first-order valence-corrected chi connectivity index (χ1v) is 7.80. The molecule has 0 unspecified atom stereocenters. The fraction of sp³-hybridized carbons (Fsp3) is 0.167. The van der Waals surface area contributed by atoms with Crippen LogP contribution < -0.4 is 10.6 Å². The van der Waals surface area contributed by atoms with E-state index in [1.165, 1.54) is 5.57 Å². The lowest BCUT2D eigenvalue weighted by molar-refractivity contribution is 0.872. The molecule has 0 radical (unpaired) electrons. The highest BCUT2D eigenvalue weighted by Gasteiger charge is 2.12. The Kier molecular flexibility index (Phi) is 3.49. The fourth-order valence-corrected chi connectivity index (χ4v) is 2.99. The van der Waals surface area contributed by atoms with Crippen LogP contribution >= 0.6 is 0 Å². The minimum absolute atomic E-state index is 0.516. The van der Waals surface area contributed by atoms with Crippen molar-refractivity contribution in [1.29, 1.82) is 0 Å². The Balaban J connectivity index is 1.75. The topological polar surface area (TPSA) is 83.2 Å². The number of nitrogens with two attached hydrogens (primary N) is 1. The molecule has 0 saturated heterocycles. The number of nitrogen functional groups attached to an aromatic ring is 1. The molecule has 1 aliphatic rings. The molecule has 0 aliphatic carbocycles. The number of H-pyrrole nitrogens is 1. The summed E-state index contributed by atoms with van der Waals surface area (Å²) in [6.45, 7) is 1.44. The number of rotatable bonds is 4. The van der Waals surface area contributed by atoms with Crippen molar-refractivity contribution in [2.24, 2.45) is 4.99 Å². The van der Waals surface area contributed by atoms with E-state index < -0.39 is 0 Å². The quantitative estimate of drug-likeness (QED) is 0.774. The van der Waals surface area contributed by atoms with Crippen LogP contribution in [0.5, 0.6) is 0 Å². The standard InChI is InChI=1S/C18H18N6/c1-24(11-14-5-7-21-23-14)17-9-18(19)22-16-8-12(2-3-15(16)17)13-4-6-20-10-13/h2-9H,10-11H2,1H3,(H2,19,22)(H,21,23). The summed E-state index contributed by atoms with van der Waals surface area (Å²) in [5.41, 5.74) is 11.4. The van der Waals surface area contributed by atoms with Gasteiger partial charge in [-0.2, -0.15) is 5.10 Å². The Morgan fingerprint density at radius 1 is 1.25 bits per heavy atom. The Hall–Kier alpha value is -3.15. The van der Waals surface area contributed by atoms with Crippen molar-refractivity contribution in [3.63, 3.8) is 0 Å². The number of pyridine rings is 1. The van der Waals surface area contributed by atoms with Crippen LogP contribution in [0.3, 0.4) is 0 Å². The van der Waals surface area contributed by atoms with Gasteiger partial charge in [-0.15, -0.1) is 0 Å². The number of benzene rings is 1. The number of aromatic nitrogens is 3. The van der Waals surface area contributed by atoms with Crippen LogP contribution in [0.2, 0.25) is 0 Å². The van der Waals surface area contributed by atoms with Gasteiger partial charge in [0.15, 0.2) is 0 Å². The second-order valence-corrected chi connectivity index (χ2v) is 5.92. The lowest BCUT2D eigenvalue weighted by atomic mass is 10.0. The number of anilines is 2. The van der Waals surface area contributed by atoms with Crippen molar-refractivity contribution in [2.45, 2.75) is 6.54 Å². The van der Waals surface area contributed by atoms with E-state index in [0.29, 0.717) is 5.82 Å². The molecule has 0 amide bonds. The van der Waals surface area contributed by atoms with Gasteiger partial charge in [0.05, 0.1) is 24.3 Å². The number of nitrogens with zero attached hydrogens (tertiary/aromatic N) is 4. The van der Waals surface area contributed by atoms with Gasteiger partial charge >= 0.3 is 0 Å². The molecular formula is C18H18N6. The third kappa shape index (κ3) is 2.62. The van der Waals surface area contributed by atoms with Gasteiger partial charge in [-0.3, -0.25) is 10.1 Å². The Labute approximate surface area is 139 Å². The van der Waals surface area contributed by atoms with Crippen molar-refractivity contribution >= 4 is 34.2 Å². The normalized spacial score (nSPS) is 13.5. The number of hydrogen-bond acceptors (Lipinski definition) is 5.